The van der Waals surface area contributed by atoms with Crippen LogP contribution in [0.4, 0.5) is 0 Å². The van der Waals surface area contributed by atoms with E-state index in [0.717, 1.165) is 17.5 Å². The average molecular weight is 352 g/mol. The second-order valence-corrected chi connectivity index (χ2v) is 7.29. The van der Waals surface area contributed by atoms with Crippen LogP contribution in [0.3, 0.4) is 0 Å². The quantitative estimate of drug-likeness (QED) is 0.848. The summed E-state index contributed by atoms with van der Waals surface area (Å²) >= 11 is 1.70. The number of nitrogens with zero attached hydrogens (tertiary/aromatic N) is 2. The highest BCUT2D eigenvalue weighted by Crippen LogP contribution is 2.34. The standard InChI is InChI=1S/C20H20N2O2S/c1-25-17-12-16-18(21-19(24-16)15-10-6-3-7-11-15)20(23)22(17)13-14-8-4-2-5-9-14/h2-11,16-18H,12-13H2,1H3/t16-,17-,18-/m1/s1. The Bertz CT molecular complexity index is 779. The van der Waals surface area contributed by atoms with Crippen molar-refractivity contribution in [2.24, 2.45) is 4.99 Å². The Hall–Kier alpha value is -2.27. The Balaban J connectivity index is 1.59. The lowest BCUT2D eigenvalue weighted by Gasteiger charge is -2.38. The number of benzene rings is 2. The largest absolute Gasteiger partial charge is 0.471 e. The molecule has 0 aromatic heterocycles. The third-order valence-corrected chi connectivity index (χ3v) is 5.67. The van der Waals surface area contributed by atoms with E-state index in [0.29, 0.717) is 12.4 Å². The first-order chi connectivity index (χ1) is 12.3. The second kappa shape index (κ2) is 6.92. The number of hydrogen-bond acceptors (Lipinski definition) is 4. The molecule has 0 saturated carbocycles. The SMILES string of the molecule is CS[C@@H]1C[C@H]2OC(c3ccccc3)=N[C@H]2C(=O)N1Cc1ccccc1. The zero-order valence-corrected chi connectivity index (χ0v) is 14.9. The Morgan fingerprint density at radius 1 is 1.12 bits per heavy atom. The number of piperidine rings is 1. The number of amides is 1. The number of aliphatic imine (C=N–C) groups is 1. The van der Waals surface area contributed by atoms with Gasteiger partial charge in [-0.05, 0) is 24.0 Å². The Morgan fingerprint density at radius 3 is 2.48 bits per heavy atom. The van der Waals surface area contributed by atoms with Gasteiger partial charge in [0.1, 0.15) is 6.10 Å². The molecule has 2 heterocycles. The predicted octanol–water partition coefficient (Wildman–Crippen LogP) is 3.32. The fraction of sp³-hybridized carbons (Fsp3) is 0.300. The van der Waals surface area contributed by atoms with Crippen molar-refractivity contribution in [1.29, 1.82) is 0 Å². The Morgan fingerprint density at radius 2 is 1.80 bits per heavy atom. The third kappa shape index (κ3) is 3.16. The molecule has 1 amide bonds. The van der Waals surface area contributed by atoms with Gasteiger partial charge in [0.05, 0.1) is 5.37 Å². The van der Waals surface area contributed by atoms with Crippen LogP contribution in [0, 0.1) is 0 Å². The summed E-state index contributed by atoms with van der Waals surface area (Å²) < 4.78 is 6.04. The molecule has 0 spiro atoms. The number of carbonyl (C=O) groups is 1. The van der Waals surface area contributed by atoms with Gasteiger partial charge >= 0.3 is 0 Å². The Labute approximate surface area is 151 Å². The van der Waals surface area contributed by atoms with Crippen molar-refractivity contribution >= 4 is 23.6 Å². The van der Waals surface area contributed by atoms with Crippen LogP contribution >= 0.6 is 11.8 Å². The van der Waals surface area contributed by atoms with Gasteiger partial charge in [0.15, 0.2) is 6.04 Å². The van der Waals surface area contributed by atoms with Crippen molar-refractivity contribution in [1.82, 2.24) is 4.90 Å². The normalized spacial score (nSPS) is 25.3. The summed E-state index contributed by atoms with van der Waals surface area (Å²) in [7, 11) is 0. The van der Waals surface area contributed by atoms with E-state index in [4.69, 9.17) is 4.74 Å². The van der Waals surface area contributed by atoms with Crippen LogP contribution < -0.4 is 0 Å². The molecule has 0 N–H and O–H groups in total. The van der Waals surface area contributed by atoms with E-state index in [9.17, 15) is 4.79 Å². The van der Waals surface area contributed by atoms with Gasteiger partial charge in [0.25, 0.3) is 5.91 Å². The van der Waals surface area contributed by atoms with E-state index in [2.05, 4.69) is 17.1 Å². The van der Waals surface area contributed by atoms with E-state index in [1.807, 2.05) is 59.7 Å². The second-order valence-electron chi connectivity index (χ2n) is 6.28. The molecule has 2 aliphatic heterocycles. The summed E-state index contributed by atoms with van der Waals surface area (Å²) in [5.74, 6) is 0.649. The summed E-state index contributed by atoms with van der Waals surface area (Å²) in [5, 5.41) is 0.110. The van der Waals surface area contributed by atoms with Crippen molar-refractivity contribution in [3.8, 4) is 0 Å². The first-order valence-electron chi connectivity index (χ1n) is 8.43. The molecule has 128 valence electrons. The number of thioether (sulfide) groups is 1. The highest BCUT2D eigenvalue weighted by atomic mass is 32.2. The van der Waals surface area contributed by atoms with Gasteiger partial charge in [-0.2, -0.15) is 0 Å². The maximum absolute atomic E-state index is 13.1. The lowest BCUT2D eigenvalue weighted by Crippen LogP contribution is -2.53. The molecule has 0 unspecified atom stereocenters. The van der Waals surface area contributed by atoms with Crippen LogP contribution in [-0.2, 0) is 16.1 Å². The van der Waals surface area contributed by atoms with Crippen LogP contribution in [0.2, 0.25) is 0 Å². The molecule has 2 aliphatic rings. The molecule has 2 aromatic carbocycles. The molecule has 0 radical (unpaired) electrons. The van der Waals surface area contributed by atoms with Crippen LogP contribution in [0.15, 0.2) is 65.7 Å². The van der Waals surface area contributed by atoms with E-state index < -0.39 is 6.04 Å². The average Bonchev–Trinajstić information content (AvgIpc) is 3.10. The zero-order valence-electron chi connectivity index (χ0n) is 14.0. The van der Waals surface area contributed by atoms with Crippen molar-refractivity contribution in [2.45, 2.75) is 30.5 Å². The molecule has 4 rings (SSSR count). The van der Waals surface area contributed by atoms with E-state index in [-0.39, 0.29) is 17.4 Å². The zero-order chi connectivity index (χ0) is 17.2. The van der Waals surface area contributed by atoms with Gasteiger partial charge in [-0.1, -0.05) is 48.5 Å². The highest BCUT2D eigenvalue weighted by Gasteiger charge is 2.46. The number of likely N-dealkylation sites (tertiary alicyclic amines) is 1. The van der Waals surface area contributed by atoms with Gasteiger partial charge in [0.2, 0.25) is 5.90 Å². The molecular weight excluding hydrogens is 332 g/mol. The van der Waals surface area contributed by atoms with E-state index >= 15 is 0 Å². The van der Waals surface area contributed by atoms with E-state index in [1.165, 1.54) is 0 Å². The van der Waals surface area contributed by atoms with Crippen molar-refractivity contribution < 1.29 is 9.53 Å². The molecule has 1 fully saturated rings. The third-order valence-electron chi connectivity index (χ3n) is 4.68. The maximum Gasteiger partial charge on any atom is 0.252 e. The van der Waals surface area contributed by atoms with Crippen molar-refractivity contribution in [2.75, 3.05) is 6.26 Å². The maximum atomic E-state index is 13.1. The first kappa shape index (κ1) is 16.2. The minimum absolute atomic E-state index is 0.0605. The van der Waals surface area contributed by atoms with Crippen LogP contribution in [0.5, 0.6) is 0 Å². The fourth-order valence-corrected chi connectivity index (χ4v) is 4.20. The number of rotatable bonds is 4. The van der Waals surface area contributed by atoms with Crippen LogP contribution in [-0.4, -0.2) is 40.5 Å². The molecule has 25 heavy (non-hydrogen) atoms. The summed E-state index contributed by atoms with van der Waals surface area (Å²) in [6.45, 7) is 0.616. The van der Waals surface area contributed by atoms with Crippen molar-refractivity contribution in [3.63, 3.8) is 0 Å². The minimum Gasteiger partial charge on any atom is -0.471 e. The summed E-state index contributed by atoms with van der Waals surface area (Å²) in [6.07, 6.45) is 2.68. The van der Waals surface area contributed by atoms with Crippen molar-refractivity contribution in [3.05, 3.63) is 71.8 Å². The molecule has 3 atom stereocenters. The minimum atomic E-state index is -0.428. The number of carbonyl (C=O) groups excluding carboxylic acids is 1. The lowest BCUT2D eigenvalue weighted by molar-refractivity contribution is -0.139. The van der Waals surface area contributed by atoms with Crippen LogP contribution in [0.25, 0.3) is 0 Å². The first-order valence-corrected chi connectivity index (χ1v) is 9.72. The molecule has 4 nitrogen and oxygen atoms in total. The van der Waals surface area contributed by atoms with Gasteiger partial charge in [-0.15, -0.1) is 11.8 Å². The van der Waals surface area contributed by atoms with Gasteiger partial charge in [-0.25, -0.2) is 4.99 Å². The lowest BCUT2D eigenvalue weighted by atomic mass is 10.0. The van der Waals surface area contributed by atoms with Gasteiger partial charge in [0, 0.05) is 18.5 Å². The molecule has 5 heteroatoms. The molecule has 1 saturated heterocycles. The molecular formula is C20H20N2O2S. The topological polar surface area (TPSA) is 41.9 Å². The summed E-state index contributed by atoms with van der Waals surface area (Å²) in [5.41, 5.74) is 2.07. The molecule has 0 aliphatic carbocycles. The predicted molar refractivity (Wildman–Crippen MR) is 101 cm³/mol. The van der Waals surface area contributed by atoms with Gasteiger partial charge < -0.3 is 9.64 Å². The summed E-state index contributed by atoms with van der Waals surface area (Å²) in [4.78, 5) is 19.6. The molecule has 2 aromatic rings. The van der Waals surface area contributed by atoms with Gasteiger partial charge in [-0.3, -0.25) is 4.79 Å². The Kier molecular flexibility index (Phi) is 4.49. The van der Waals surface area contributed by atoms with E-state index in [1.54, 1.807) is 11.8 Å². The smallest absolute Gasteiger partial charge is 0.252 e. The monoisotopic (exact) mass is 352 g/mol. The number of fused-ring (bicyclic) bond motifs is 1. The van der Waals surface area contributed by atoms with Crippen LogP contribution in [0.1, 0.15) is 17.5 Å². The number of ether oxygens (including phenoxy) is 1. The highest BCUT2D eigenvalue weighted by molar-refractivity contribution is 7.99. The molecule has 0 bridgehead atoms. The summed E-state index contributed by atoms with van der Waals surface area (Å²) in [6, 6.07) is 19.5. The fourth-order valence-electron chi connectivity index (χ4n) is 3.38. The number of hydrogen-bond donors (Lipinski definition) is 0.